The van der Waals surface area contributed by atoms with Crippen LogP contribution in [0, 0.1) is 6.92 Å². The van der Waals surface area contributed by atoms with Gasteiger partial charge in [0, 0.05) is 20.9 Å². The Balaban J connectivity index is 2.33. The van der Waals surface area contributed by atoms with E-state index < -0.39 is 5.97 Å². The molecule has 0 amide bonds. The van der Waals surface area contributed by atoms with Gasteiger partial charge in [-0.3, -0.25) is 4.79 Å². The van der Waals surface area contributed by atoms with E-state index >= 15 is 0 Å². The quantitative estimate of drug-likeness (QED) is 0.399. The highest BCUT2D eigenvalue weighted by molar-refractivity contribution is 7.64. The summed E-state index contributed by atoms with van der Waals surface area (Å²) in [5, 5.41) is 9.12. The topological polar surface area (TPSA) is 71.4 Å². The summed E-state index contributed by atoms with van der Waals surface area (Å²) in [5.41, 5.74) is 2.86. The third kappa shape index (κ3) is 5.43. The van der Waals surface area contributed by atoms with Gasteiger partial charge in [0.05, 0.1) is 5.56 Å². The van der Waals surface area contributed by atoms with Crippen LogP contribution >= 0.6 is 0 Å². The molecule has 2 aromatic carbocycles. The van der Waals surface area contributed by atoms with Crippen LogP contribution in [-0.4, -0.2) is 16.9 Å². The van der Waals surface area contributed by atoms with Crippen LogP contribution in [0.2, 0.25) is 0 Å². The molecule has 5 heteroatoms. The molecule has 0 atom stereocenters. The Morgan fingerprint density at radius 1 is 1.08 bits per heavy atom. The summed E-state index contributed by atoms with van der Waals surface area (Å²) in [6, 6.07) is 13.5. The molecular formula is C21H20O4S+. The van der Waals surface area contributed by atoms with E-state index in [0.29, 0.717) is 41.4 Å². The van der Waals surface area contributed by atoms with Crippen molar-refractivity contribution in [3.8, 4) is 0 Å². The lowest BCUT2D eigenvalue weighted by Crippen LogP contribution is -2.06. The first-order valence-corrected chi connectivity index (χ1v) is 9.18. The molecule has 0 aromatic heterocycles. The van der Waals surface area contributed by atoms with Gasteiger partial charge >= 0.3 is 17.6 Å². The molecule has 0 heterocycles. The van der Waals surface area contributed by atoms with Gasteiger partial charge in [-0.05, 0) is 36.6 Å². The molecule has 0 saturated carbocycles. The highest BCUT2D eigenvalue weighted by atomic mass is 32.1. The van der Waals surface area contributed by atoms with Crippen molar-refractivity contribution in [1.82, 2.24) is 0 Å². The summed E-state index contributed by atoms with van der Waals surface area (Å²) in [6.07, 6.45) is 3.86. The molecule has 0 unspecified atom stereocenters. The summed E-state index contributed by atoms with van der Waals surface area (Å²) in [7, 11) is 0. The molecule has 0 bridgehead atoms. The molecule has 0 aliphatic carbocycles. The van der Waals surface area contributed by atoms with Crippen molar-refractivity contribution in [3.05, 3.63) is 83.3 Å². The Hall–Kier alpha value is -2.66. The van der Waals surface area contributed by atoms with Crippen molar-refractivity contribution in [2.24, 2.45) is 0 Å². The Morgan fingerprint density at radius 3 is 2.38 bits per heavy atom. The third-order valence-corrected chi connectivity index (χ3v) is 4.36. The van der Waals surface area contributed by atoms with Gasteiger partial charge < -0.3 is 5.11 Å². The van der Waals surface area contributed by atoms with Crippen LogP contribution in [0.3, 0.4) is 0 Å². The van der Waals surface area contributed by atoms with Gasteiger partial charge in [0.1, 0.15) is 0 Å². The highest BCUT2D eigenvalue weighted by Crippen LogP contribution is 2.20. The van der Waals surface area contributed by atoms with Gasteiger partial charge in [0.25, 0.3) is 5.75 Å². The van der Waals surface area contributed by atoms with Crippen molar-refractivity contribution in [1.29, 1.82) is 0 Å². The minimum Gasteiger partial charge on any atom is -0.478 e. The van der Waals surface area contributed by atoms with E-state index in [4.69, 9.17) is 5.11 Å². The van der Waals surface area contributed by atoms with Crippen LogP contribution in [0.1, 0.15) is 51.1 Å². The summed E-state index contributed by atoms with van der Waals surface area (Å²) in [6.45, 7) is 3.82. The number of aromatic carboxylic acids is 1. The summed E-state index contributed by atoms with van der Waals surface area (Å²) >= 11 is 0.517. The number of unbranched alkanes of at least 4 members (excludes halogenated alkanes) is 1. The number of hydrogen-bond acceptors (Lipinski definition) is 3. The van der Waals surface area contributed by atoms with Gasteiger partial charge in [-0.15, -0.1) is 0 Å². The number of hydrogen-bond donors (Lipinski definition) is 1. The second-order valence-corrected chi connectivity index (χ2v) is 6.37. The van der Waals surface area contributed by atoms with Crippen molar-refractivity contribution in [3.63, 3.8) is 0 Å². The Bertz CT molecular complexity index is 822. The van der Waals surface area contributed by atoms with Crippen LogP contribution in [0.25, 0.3) is 6.08 Å². The second-order valence-electron chi connectivity index (χ2n) is 5.85. The number of carbonyl (C=O) groups excluding carboxylic acids is 1. The van der Waals surface area contributed by atoms with Gasteiger partial charge in [-0.2, -0.15) is 0 Å². The van der Waals surface area contributed by atoms with Crippen LogP contribution in [-0.2, 0) is 21.6 Å². The summed E-state index contributed by atoms with van der Waals surface area (Å²) in [4.78, 5) is 24.0. The number of carboxylic acid groups (broad SMARTS) is 1. The summed E-state index contributed by atoms with van der Waals surface area (Å²) in [5.74, 6) is -0.838. The lowest BCUT2D eigenvalue weighted by molar-refractivity contribution is 0.0697. The maximum atomic E-state index is 12.9. The van der Waals surface area contributed by atoms with E-state index in [1.807, 2.05) is 30.3 Å². The molecule has 1 radical (unpaired) electrons. The van der Waals surface area contributed by atoms with E-state index in [9.17, 15) is 13.8 Å². The van der Waals surface area contributed by atoms with E-state index in [0.717, 1.165) is 17.5 Å². The average molecular weight is 368 g/mol. The second kappa shape index (κ2) is 9.73. The first kappa shape index (κ1) is 19.7. The standard InChI is InChI=1S/C21H19O4S/c1-2-3-5-17(12-15-8-10-16(11-9-15)14-26-25)20(22)18-6-4-7-19(13-18)21(23)24/h4,6-13H,1-3,5,14H2/p+1. The van der Waals surface area contributed by atoms with Crippen LogP contribution < -0.4 is 0 Å². The SMILES string of the molecule is [CH2]CCCC(=Cc1ccc(C[S+]=O)cc1)C(=O)c1cccc(C(=O)O)c1. The van der Waals surface area contributed by atoms with Crippen molar-refractivity contribution in [2.75, 3.05) is 0 Å². The minimum atomic E-state index is -1.06. The molecule has 26 heavy (non-hydrogen) atoms. The lowest BCUT2D eigenvalue weighted by atomic mass is 9.95. The predicted molar refractivity (Wildman–Crippen MR) is 103 cm³/mol. The minimum absolute atomic E-state index is 0.0897. The van der Waals surface area contributed by atoms with E-state index in [-0.39, 0.29) is 11.3 Å². The largest absolute Gasteiger partial charge is 0.478 e. The monoisotopic (exact) mass is 368 g/mol. The Morgan fingerprint density at radius 2 is 1.77 bits per heavy atom. The van der Waals surface area contributed by atoms with Crippen molar-refractivity contribution >= 4 is 29.5 Å². The van der Waals surface area contributed by atoms with Crippen molar-refractivity contribution < 1.29 is 18.9 Å². The molecule has 0 saturated heterocycles. The number of benzene rings is 2. The maximum absolute atomic E-state index is 12.9. The van der Waals surface area contributed by atoms with Gasteiger partial charge in [-0.25, -0.2) is 4.79 Å². The average Bonchev–Trinajstić information content (AvgIpc) is 2.66. The van der Waals surface area contributed by atoms with Crippen LogP contribution in [0.5, 0.6) is 0 Å². The van der Waals surface area contributed by atoms with E-state index in [1.54, 1.807) is 12.1 Å². The molecule has 4 nitrogen and oxygen atoms in total. The first-order chi connectivity index (χ1) is 12.5. The Labute approximate surface area is 157 Å². The van der Waals surface area contributed by atoms with Gasteiger partial charge in [0.2, 0.25) is 0 Å². The van der Waals surface area contributed by atoms with Crippen LogP contribution in [0.4, 0.5) is 0 Å². The molecule has 0 aliphatic heterocycles. The van der Waals surface area contributed by atoms with E-state index in [1.165, 1.54) is 12.1 Å². The highest BCUT2D eigenvalue weighted by Gasteiger charge is 2.14. The maximum Gasteiger partial charge on any atom is 0.463 e. The molecule has 2 rings (SSSR count). The molecule has 0 spiro atoms. The number of carboxylic acids is 1. The zero-order chi connectivity index (χ0) is 18.9. The number of allylic oxidation sites excluding steroid dienone is 1. The smallest absolute Gasteiger partial charge is 0.463 e. The normalized spacial score (nSPS) is 11.2. The number of ketones is 1. The molecule has 133 valence electrons. The number of Topliss-reactive ketones (excluding diaryl/α,β-unsaturated/α-hetero) is 1. The molecular weight excluding hydrogens is 348 g/mol. The number of rotatable bonds is 9. The fourth-order valence-electron chi connectivity index (χ4n) is 2.52. The zero-order valence-corrected chi connectivity index (χ0v) is 15.1. The third-order valence-electron chi connectivity index (χ3n) is 3.91. The lowest BCUT2D eigenvalue weighted by Gasteiger charge is -2.08. The fourth-order valence-corrected chi connectivity index (χ4v) is 2.85. The Kier molecular flexibility index (Phi) is 7.36. The first-order valence-electron chi connectivity index (χ1n) is 8.26. The van der Waals surface area contributed by atoms with Gasteiger partial charge in [0.15, 0.2) is 5.78 Å². The van der Waals surface area contributed by atoms with Crippen LogP contribution in [0.15, 0.2) is 54.1 Å². The molecule has 1 N–H and O–H groups in total. The van der Waals surface area contributed by atoms with Gasteiger partial charge in [-0.1, -0.05) is 49.7 Å². The molecule has 0 aliphatic rings. The zero-order valence-electron chi connectivity index (χ0n) is 14.3. The van der Waals surface area contributed by atoms with Crippen molar-refractivity contribution in [2.45, 2.75) is 25.0 Å². The number of carbonyl (C=O) groups is 2. The molecule has 0 fully saturated rings. The summed E-state index contributed by atoms with van der Waals surface area (Å²) < 4.78 is 10.6. The molecule has 2 aromatic rings. The van der Waals surface area contributed by atoms with E-state index in [2.05, 4.69) is 6.92 Å². The fraction of sp³-hybridized carbons (Fsp3) is 0.190. The predicted octanol–water partition coefficient (Wildman–Crippen LogP) is 4.58.